The van der Waals surface area contributed by atoms with E-state index in [1.54, 1.807) is 0 Å². The molecule has 9 heteroatoms. The molecule has 0 aliphatic carbocycles. The number of fused-ring (bicyclic) bond motifs is 1. The second-order valence-electron chi connectivity index (χ2n) is 4.60. The number of rotatable bonds is 2. The van der Waals surface area contributed by atoms with Crippen molar-refractivity contribution in [3.63, 3.8) is 0 Å². The summed E-state index contributed by atoms with van der Waals surface area (Å²) in [4.78, 5) is 35.4. The molecule has 0 aromatic heterocycles. The molecule has 2 aromatic rings. The number of halogens is 3. The maximum atomic E-state index is 13.8. The van der Waals surface area contributed by atoms with Crippen LogP contribution in [0.1, 0.15) is 20.7 Å². The van der Waals surface area contributed by atoms with Crippen LogP contribution in [0.25, 0.3) is 0 Å². The van der Waals surface area contributed by atoms with Crippen LogP contribution in [0, 0.1) is 21.7 Å². The second kappa shape index (κ2) is 5.20. The number of carbonyl (C=O) groups excluding carboxylic acids is 2. The molecule has 0 radical (unpaired) electrons. The van der Waals surface area contributed by atoms with E-state index in [0.717, 1.165) is 0 Å². The van der Waals surface area contributed by atoms with Crippen molar-refractivity contribution in [2.24, 2.45) is 0 Å². The highest BCUT2D eigenvalue weighted by atomic mass is 79.9. The Morgan fingerprint density at radius 2 is 1.61 bits per heavy atom. The van der Waals surface area contributed by atoms with Gasteiger partial charge in [0.1, 0.15) is 5.69 Å². The van der Waals surface area contributed by atoms with E-state index in [0.29, 0.717) is 11.0 Å². The van der Waals surface area contributed by atoms with E-state index >= 15 is 0 Å². The van der Waals surface area contributed by atoms with Gasteiger partial charge < -0.3 is 0 Å². The predicted octanol–water partition coefficient (Wildman–Crippen LogP) is 3.44. The first kappa shape index (κ1) is 15.2. The van der Waals surface area contributed by atoms with Crippen LogP contribution >= 0.6 is 15.9 Å². The molecule has 116 valence electrons. The highest BCUT2D eigenvalue weighted by Crippen LogP contribution is 2.42. The van der Waals surface area contributed by atoms with Gasteiger partial charge in [0.15, 0.2) is 11.6 Å². The minimum Gasteiger partial charge on any atom is -0.268 e. The lowest BCUT2D eigenvalue weighted by atomic mass is 10.1. The number of anilines is 1. The Morgan fingerprint density at radius 1 is 1.09 bits per heavy atom. The van der Waals surface area contributed by atoms with Crippen LogP contribution in [0.3, 0.4) is 0 Å². The Hall–Kier alpha value is -2.68. The molecule has 23 heavy (non-hydrogen) atoms. The van der Waals surface area contributed by atoms with Crippen molar-refractivity contribution in [3.05, 3.63) is 67.7 Å². The zero-order chi connectivity index (χ0) is 16.9. The van der Waals surface area contributed by atoms with Crippen LogP contribution in [0.2, 0.25) is 0 Å². The molecule has 0 N–H and O–H groups in total. The van der Waals surface area contributed by atoms with Gasteiger partial charge in [-0.25, -0.2) is 13.7 Å². The quantitative estimate of drug-likeness (QED) is 0.345. The lowest BCUT2D eigenvalue weighted by molar-refractivity contribution is -0.384. The van der Waals surface area contributed by atoms with Crippen LogP contribution in [0.15, 0.2) is 34.8 Å². The average molecular weight is 383 g/mol. The molecule has 0 bridgehead atoms. The Balaban J connectivity index is 2.29. The fourth-order valence-electron chi connectivity index (χ4n) is 2.32. The van der Waals surface area contributed by atoms with E-state index in [9.17, 15) is 28.5 Å². The largest absolute Gasteiger partial charge is 0.297 e. The molecule has 1 aliphatic heterocycles. The van der Waals surface area contributed by atoms with E-state index in [1.165, 1.54) is 24.3 Å². The maximum Gasteiger partial charge on any atom is 0.297 e. The van der Waals surface area contributed by atoms with Crippen LogP contribution in [-0.2, 0) is 0 Å². The Labute approximate surface area is 135 Å². The fourth-order valence-corrected chi connectivity index (χ4v) is 2.89. The molecule has 0 saturated carbocycles. The summed E-state index contributed by atoms with van der Waals surface area (Å²) in [6.07, 6.45) is 0. The van der Waals surface area contributed by atoms with Gasteiger partial charge in [-0.05, 0) is 28.1 Å². The van der Waals surface area contributed by atoms with E-state index in [1.807, 2.05) is 0 Å². The maximum absolute atomic E-state index is 13.8. The first-order valence-corrected chi connectivity index (χ1v) is 6.93. The second-order valence-corrected chi connectivity index (χ2v) is 5.40. The predicted molar refractivity (Wildman–Crippen MR) is 78.3 cm³/mol. The van der Waals surface area contributed by atoms with Crippen molar-refractivity contribution in [1.82, 2.24) is 0 Å². The molecule has 1 heterocycles. The first-order chi connectivity index (χ1) is 10.8. The zero-order valence-electron chi connectivity index (χ0n) is 11.0. The molecule has 3 rings (SSSR count). The van der Waals surface area contributed by atoms with Crippen molar-refractivity contribution in [3.8, 4) is 0 Å². The Bertz CT molecular complexity index is 866. The van der Waals surface area contributed by atoms with Crippen molar-refractivity contribution >= 4 is 39.1 Å². The summed E-state index contributed by atoms with van der Waals surface area (Å²) >= 11 is 2.69. The first-order valence-electron chi connectivity index (χ1n) is 6.14. The van der Waals surface area contributed by atoms with Gasteiger partial charge in [-0.1, -0.05) is 12.1 Å². The van der Waals surface area contributed by atoms with Gasteiger partial charge in [-0.2, -0.15) is 0 Å². The zero-order valence-corrected chi connectivity index (χ0v) is 12.6. The smallest absolute Gasteiger partial charge is 0.268 e. The van der Waals surface area contributed by atoms with Gasteiger partial charge in [0.05, 0.1) is 26.6 Å². The summed E-state index contributed by atoms with van der Waals surface area (Å²) in [5.41, 5.74) is -1.47. The van der Waals surface area contributed by atoms with Gasteiger partial charge in [0.2, 0.25) is 0 Å². The molecular formula is C14H5BrF2N2O4. The molecule has 0 unspecified atom stereocenters. The minimum atomic E-state index is -1.47. The summed E-state index contributed by atoms with van der Waals surface area (Å²) in [5, 5.41) is 11.1. The number of benzene rings is 2. The molecule has 2 aromatic carbocycles. The Kier molecular flexibility index (Phi) is 3.44. The molecule has 2 amide bonds. The van der Waals surface area contributed by atoms with Gasteiger partial charge >= 0.3 is 0 Å². The summed E-state index contributed by atoms with van der Waals surface area (Å²) in [6.45, 7) is 0. The lowest BCUT2D eigenvalue weighted by Gasteiger charge is -2.16. The normalized spacial score (nSPS) is 13.4. The van der Waals surface area contributed by atoms with Crippen molar-refractivity contribution in [1.29, 1.82) is 0 Å². The van der Waals surface area contributed by atoms with Crippen LogP contribution in [0.4, 0.5) is 20.2 Å². The number of hydrogen-bond acceptors (Lipinski definition) is 4. The van der Waals surface area contributed by atoms with Gasteiger partial charge in [0.25, 0.3) is 17.5 Å². The highest BCUT2D eigenvalue weighted by Gasteiger charge is 2.42. The SMILES string of the molecule is O=C1c2ccccc2C(=O)N1c1c([N+](=O)[O-])cc(F)c(F)c1Br. The molecule has 6 nitrogen and oxygen atoms in total. The molecule has 0 spiro atoms. The molecule has 0 atom stereocenters. The topological polar surface area (TPSA) is 80.5 Å². The number of nitrogens with zero attached hydrogens (tertiary/aromatic N) is 2. The lowest BCUT2D eigenvalue weighted by Crippen LogP contribution is -2.30. The van der Waals surface area contributed by atoms with Crippen LogP contribution in [0.5, 0.6) is 0 Å². The van der Waals surface area contributed by atoms with Crippen LogP contribution in [-0.4, -0.2) is 16.7 Å². The molecule has 0 fully saturated rings. The number of nitro benzene ring substituents is 1. The highest BCUT2D eigenvalue weighted by molar-refractivity contribution is 9.10. The van der Waals surface area contributed by atoms with E-state index in [2.05, 4.69) is 15.9 Å². The van der Waals surface area contributed by atoms with Crippen molar-refractivity contribution < 1.29 is 23.3 Å². The summed E-state index contributed by atoms with van der Waals surface area (Å²) in [7, 11) is 0. The van der Waals surface area contributed by atoms with E-state index in [4.69, 9.17) is 0 Å². The van der Waals surface area contributed by atoms with Gasteiger partial charge in [-0.3, -0.25) is 19.7 Å². The number of imide groups is 1. The average Bonchev–Trinajstić information content (AvgIpc) is 2.77. The Morgan fingerprint density at radius 3 is 2.09 bits per heavy atom. The van der Waals surface area contributed by atoms with Crippen molar-refractivity contribution in [2.45, 2.75) is 0 Å². The third kappa shape index (κ3) is 2.12. The van der Waals surface area contributed by atoms with E-state index < -0.39 is 44.2 Å². The molecular weight excluding hydrogens is 378 g/mol. The van der Waals surface area contributed by atoms with Crippen molar-refractivity contribution in [2.75, 3.05) is 4.90 Å². The third-order valence-electron chi connectivity index (χ3n) is 3.33. The summed E-state index contributed by atoms with van der Waals surface area (Å²) < 4.78 is 26.5. The molecule has 1 aliphatic rings. The molecule has 0 saturated heterocycles. The number of nitro groups is 1. The number of amides is 2. The monoisotopic (exact) mass is 382 g/mol. The standard InChI is InChI=1S/C14H5BrF2N2O4/c15-10-11(17)8(16)5-9(19(22)23)12(10)18-13(20)6-3-1-2-4-7(6)14(18)21/h1-5H. The van der Waals surface area contributed by atoms with E-state index in [-0.39, 0.29) is 11.1 Å². The fraction of sp³-hybridized carbons (Fsp3) is 0. The van der Waals surface area contributed by atoms with Gasteiger partial charge in [-0.15, -0.1) is 0 Å². The number of carbonyl (C=O) groups is 2. The van der Waals surface area contributed by atoms with Crippen LogP contribution < -0.4 is 4.90 Å². The number of hydrogen-bond donors (Lipinski definition) is 0. The minimum absolute atomic E-state index is 0.0310. The third-order valence-corrected chi connectivity index (χ3v) is 4.05. The summed E-state index contributed by atoms with van der Waals surface area (Å²) in [5.74, 6) is -4.59. The summed E-state index contributed by atoms with van der Waals surface area (Å²) in [6, 6.07) is 6.10. The van der Waals surface area contributed by atoms with Gasteiger partial charge in [0, 0.05) is 0 Å².